The zero-order valence-electron chi connectivity index (χ0n) is 6.28. The Morgan fingerprint density at radius 2 is 2.27 bits per heavy atom. The van der Waals surface area contributed by atoms with Crippen molar-refractivity contribution in [1.82, 2.24) is 0 Å². The van der Waals surface area contributed by atoms with Gasteiger partial charge < -0.3 is 10.9 Å². The number of nitrogens with zero attached hydrogens (tertiary/aromatic N) is 1. The van der Waals surface area contributed by atoms with Gasteiger partial charge in [0.2, 0.25) is 0 Å². The maximum Gasteiger partial charge on any atom is 0.0754 e. The second kappa shape index (κ2) is 3.05. The van der Waals surface area contributed by atoms with Crippen LogP contribution in [0.5, 0.6) is 0 Å². The third kappa shape index (κ3) is 1.70. The summed E-state index contributed by atoms with van der Waals surface area (Å²) in [5.74, 6) is 0. The molecule has 58 valence electrons. The standard InChI is InChI=1S/C8H10N2O/c1-6-2-3-7(5-10-11)8(9)4-6/h2-5,11H,9H2,1H3/b10-5+. The molecule has 0 fully saturated rings. The van der Waals surface area contributed by atoms with Crippen molar-refractivity contribution in [3.8, 4) is 0 Å². The minimum absolute atomic E-state index is 0.628. The molecule has 0 aliphatic heterocycles. The Morgan fingerprint density at radius 3 is 2.82 bits per heavy atom. The first kappa shape index (κ1) is 7.60. The van der Waals surface area contributed by atoms with Gasteiger partial charge in [-0.05, 0) is 18.6 Å². The minimum Gasteiger partial charge on any atom is -0.411 e. The van der Waals surface area contributed by atoms with E-state index in [1.165, 1.54) is 6.21 Å². The van der Waals surface area contributed by atoms with E-state index in [0.29, 0.717) is 5.69 Å². The number of rotatable bonds is 1. The summed E-state index contributed by atoms with van der Waals surface area (Å²) in [5, 5.41) is 11.1. The van der Waals surface area contributed by atoms with Crippen LogP contribution in [0.15, 0.2) is 23.4 Å². The van der Waals surface area contributed by atoms with Crippen LogP contribution in [0.25, 0.3) is 0 Å². The van der Waals surface area contributed by atoms with Crippen LogP contribution >= 0.6 is 0 Å². The number of hydrogen-bond acceptors (Lipinski definition) is 3. The van der Waals surface area contributed by atoms with Gasteiger partial charge in [-0.15, -0.1) is 0 Å². The quantitative estimate of drug-likeness (QED) is 0.275. The molecule has 0 atom stereocenters. The lowest BCUT2D eigenvalue weighted by Gasteiger charge is -1.99. The molecule has 0 aromatic heterocycles. The van der Waals surface area contributed by atoms with Gasteiger partial charge in [-0.2, -0.15) is 0 Å². The molecule has 1 aromatic rings. The molecule has 0 aliphatic carbocycles. The summed E-state index contributed by atoms with van der Waals surface area (Å²) in [5.41, 5.74) is 8.06. The largest absolute Gasteiger partial charge is 0.411 e. The molecule has 3 nitrogen and oxygen atoms in total. The Labute approximate surface area is 65.1 Å². The highest BCUT2D eigenvalue weighted by atomic mass is 16.4. The van der Waals surface area contributed by atoms with Gasteiger partial charge in [0.1, 0.15) is 0 Å². The summed E-state index contributed by atoms with van der Waals surface area (Å²) in [7, 11) is 0. The lowest BCUT2D eigenvalue weighted by molar-refractivity contribution is 0.322. The highest BCUT2D eigenvalue weighted by Crippen LogP contribution is 2.10. The molecule has 3 heteroatoms. The van der Waals surface area contributed by atoms with Gasteiger partial charge >= 0.3 is 0 Å². The SMILES string of the molecule is Cc1ccc(/C=N/O)c(N)c1. The van der Waals surface area contributed by atoms with E-state index in [4.69, 9.17) is 10.9 Å². The smallest absolute Gasteiger partial charge is 0.0754 e. The third-order valence-corrected chi connectivity index (χ3v) is 1.44. The fourth-order valence-corrected chi connectivity index (χ4v) is 0.874. The molecular weight excluding hydrogens is 140 g/mol. The van der Waals surface area contributed by atoms with Crippen molar-refractivity contribution in [1.29, 1.82) is 0 Å². The van der Waals surface area contributed by atoms with E-state index in [0.717, 1.165) is 11.1 Å². The maximum absolute atomic E-state index is 8.23. The molecule has 0 radical (unpaired) electrons. The van der Waals surface area contributed by atoms with Crippen LogP contribution in [0, 0.1) is 6.92 Å². The predicted molar refractivity (Wildman–Crippen MR) is 45.0 cm³/mol. The first-order chi connectivity index (χ1) is 5.24. The molecule has 11 heavy (non-hydrogen) atoms. The van der Waals surface area contributed by atoms with Gasteiger partial charge in [0, 0.05) is 11.3 Å². The Bertz CT molecular complexity index is 281. The van der Waals surface area contributed by atoms with Crippen molar-refractivity contribution in [2.45, 2.75) is 6.92 Å². The molecule has 0 unspecified atom stereocenters. The van der Waals surface area contributed by atoms with Gasteiger partial charge in [-0.25, -0.2) is 0 Å². The highest BCUT2D eigenvalue weighted by molar-refractivity contribution is 5.86. The molecule has 0 spiro atoms. The highest BCUT2D eigenvalue weighted by Gasteiger charge is 1.94. The lowest BCUT2D eigenvalue weighted by Crippen LogP contribution is -1.93. The molecule has 0 amide bonds. The van der Waals surface area contributed by atoms with Gasteiger partial charge in [0.05, 0.1) is 6.21 Å². The van der Waals surface area contributed by atoms with Gasteiger partial charge in [0.15, 0.2) is 0 Å². The molecule has 0 saturated heterocycles. The summed E-state index contributed by atoms with van der Waals surface area (Å²) in [6.07, 6.45) is 1.31. The number of hydrogen-bond donors (Lipinski definition) is 2. The molecular formula is C8H10N2O. The maximum atomic E-state index is 8.23. The third-order valence-electron chi connectivity index (χ3n) is 1.44. The van der Waals surface area contributed by atoms with Gasteiger partial charge in [0.25, 0.3) is 0 Å². The van der Waals surface area contributed by atoms with Crippen molar-refractivity contribution >= 4 is 11.9 Å². The van der Waals surface area contributed by atoms with Crippen LogP contribution < -0.4 is 5.73 Å². The Balaban J connectivity index is 3.09. The van der Waals surface area contributed by atoms with Crippen LogP contribution in [0.3, 0.4) is 0 Å². The Morgan fingerprint density at radius 1 is 1.55 bits per heavy atom. The molecule has 0 aliphatic rings. The van der Waals surface area contributed by atoms with Crippen molar-refractivity contribution in [2.75, 3.05) is 5.73 Å². The molecule has 1 aromatic carbocycles. The first-order valence-electron chi connectivity index (χ1n) is 3.27. The lowest BCUT2D eigenvalue weighted by atomic mass is 10.1. The molecule has 3 N–H and O–H groups in total. The first-order valence-corrected chi connectivity index (χ1v) is 3.27. The zero-order valence-corrected chi connectivity index (χ0v) is 6.28. The number of anilines is 1. The number of nitrogen functional groups attached to an aromatic ring is 1. The van der Waals surface area contributed by atoms with Crippen LogP contribution in [-0.4, -0.2) is 11.4 Å². The van der Waals surface area contributed by atoms with E-state index in [9.17, 15) is 0 Å². The fourth-order valence-electron chi connectivity index (χ4n) is 0.874. The van der Waals surface area contributed by atoms with Crippen LogP contribution in [-0.2, 0) is 0 Å². The van der Waals surface area contributed by atoms with Crippen molar-refractivity contribution in [2.24, 2.45) is 5.16 Å². The summed E-state index contributed by atoms with van der Waals surface area (Å²) in [6, 6.07) is 5.55. The second-order valence-electron chi connectivity index (χ2n) is 2.38. The molecule has 0 bridgehead atoms. The summed E-state index contributed by atoms with van der Waals surface area (Å²) < 4.78 is 0. The average molecular weight is 150 g/mol. The molecule has 0 heterocycles. The zero-order chi connectivity index (χ0) is 8.27. The number of aryl methyl sites for hydroxylation is 1. The predicted octanol–water partition coefficient (Wildman–Crippen LogP) is 1.39. The number of oxime groups is 1. The van der Waals surface area contributed by atoms with E-state index in [1.807, 2.05) is 25.1 Å². The van der Waals surface area contributed by atoms with Crippen molar-refractivity contribution < 1.29 is 5.21 Å². The van der Waals surface area contributed by atoms with Gasteiger partial charge in [-0.3, -0.25) is 0 Å². The van der Waals surface area contributed by atoms with Gasteiger partial charge in [-0.1, -0.05) is 17.3 Å². The van der Waals surface area contributed by atoms with E-state index in [-0.39, 0.29) is 0 Å². The monoisotopic (exact) mass is 150 g/mol. The Hall–Kier alpha value is -1.51. The van der Waals surface area contributed by atoms with E-state index in [2.05, 4.69) is 5.16 Å². The average Bonchev–Trinajstić information content (AvgIpc) is 1.95. The van der Waals surface area contributed by atoms with Crippen LogP contribution in [0.1, 0.15) is 11.1 Å². The number of nitrogens with two attached hydrogens (primary N) is 1. The number of benzene rings is 1. The van der Waals surface area contributed by atoms with Crippen molar-refractivity contribution in [3.63, 3.8) is 0 Å². The van der Waals surface area contributed by atoms with Crippen molar-refractivity contribution in [3.05, 3.63) is 29.3 Å². The van der Waals surface area contributed by atoms with Crippen LogP contribution in [0.4, 0.5) is 5.69 Å². The fraction of sp³-hybridized carbons (Fsp3) is 0.125. The second-order valence-corrected chi connectivity index (χ2v) is 2.38. The molecule has 0 saturated carbocycles. The summed E-state index contributed by atoms with van der Waals surface area (Å²) in [4.78, 5) is 0. The normalized spacial score (nSPS) is 10.6. The minimum atomic E-state index is 0.628. The topological polar surface area (TPSA) is 58.6 Å². The van der Waals surface area contributed by atoms with E-state index in [1.54, 1.807) is 0 Å². The van der Waals surface area contributed by atoms with E-state index < -0.39 is 0 Å². The Kier molecular flexibility index (Phi) is 2.11. The van der Waals surface area contributed by atoms with Crippen LogP contribution in [0.2, 0.25) is 0 Å². The van der Waals surface area contributed by atoms with E-state index >= 15 is 0 Å². The summed E-state index contributed by atoms with van der Waals surface area (Å²) >= 11 is 0. The summed E-state index contributed by atoms with van der Waals surface area (Å²) in [6.45, 7) is 1.95. The molecule has 1 rings (SSSR count).